The number of aromatic nitrogens is 3. The van der Waals surface area contributed by atoms with Crippen molar-refractivity contribution in [3.8, 4) is 0 Å². The monoisotopic (exact) mass is 472 g/mol. The molecule has 1 unspecified atom stereocenters. The summed E-state index contributed by atoms with van der Waals surface area (Å²) in [4.78, 5) is 26.3. The van der Waals surface area contributed by atoms with Crippen molar-refractivity contribution in [1.82, 2.24) is 15.0 Å². The zero-order chi connectivity index (χ0) is 22.3. The Bertz CT molecular complexity index is 1050. The van der Waals surface area contributed by atoms with Gasteiger partial charge in [-0.1, -0.05) is 6.07 Å². The van der Waals surface area contributed by atoms with Gasteiger partial charge in [0.25, 0.3) is 0 Å². The molecule has 7 nitrogen and oxygen atoms in total. The third kappa shape index (κ3) is 6.11. The number of methoxy groups -OCH3 is 1. The molecule has 0 bridgehead atoms. The van der Waals surface area contributed by atoms with Gasteiger partial charge in [0.15, 0.2) is 0 Å². The van der Waals surface area contributed by atoms with Crippen LogP contribution in [0.3, 0.4) is 0 Å². The number of anilines is 1. The van der Waals surface area contributed by atoms with Crippen molar-refractivity contribution in [3.63, 3.8) is 0 Å². The molecule has 0 aliphatic carbocycles. The number of aliphatic carboxylic acids is 1. The van der Waals surface area contributed by atoms with Gasteiger partial charge >= 0.3 is 5.97 Å². The lowest BCUT2D eigenvalue weighted by molar-refractivity contribution is -0.137. The first-order valence-electron chi connectivity index (χ1n) is 10.9. The average molecular weight is 473 g/mol. The number of rotatable bonds is 11. The summed E-state index contributed by atoms with van der Waals surface area (Å²) in [6.07, 6.45) is 7.55. The van der Waals surface area contributed by atoms with Crippen LogP contribution in [0.2, 0.25) is 0 Å². The summed E-state index contributed by atoms with van der Waals surface area (Å²) in [5, 5.41) is 16.8. The van der Waals surface area contributed by atoms with E-state index in [1.165, 1.54) is 23.3 Å². The first-order chi connectivity index (χ1) is 15.6. The van der Waals surface area contributed by atoms with E-state index in [1.807, 2.05) is 0 Å². The molecule has 1 aliphatic heterocycles. The van der Waals surface area contributed by atoms with Gasteiger partial charge in [-0.3, -0.25) is 4.79 Å². The molecule has 0 fully saturated rings. The van der Waals surface area contributed by atoms with Gasteiger partial charge in [-0.2, -0.15) is 0 Å². The lowest BCUT2D eigenvalue weighted by Crippen LogP contribution is -2.14. The second-order valence-electron chi connectivity index (χ2n) is 8.02. The number of nitrogens with zero attached hydrogens (tertiary/aromatic N) is 3. The van der Waals surface area contributed by atoms with Crippen LogP contribution in [-0.4, -0.2) is 39.7 Å². The summed E-state index contributed by atoms with van der Waals surface area (Å²) in [5.41, 5.74) is 3.39. The number of hydrogen-bond acceptors (Lipinski definition) is 8. The van der Waals surface area contributed by atoms with Crippen molar-refractivity contribution < 1.29 is 14.6 Å². The number of carboxylic acid groups (broad SMARTS) is 1. The van der Waals surface area contributed by atoms with Gasteiger partial charge < -0.3 is 15.2 Å². The highest BCUT2D eigenvalue weighted by molar-refractivity contribution is 7.11. The van der Waals surface area contributed by atoms with Gasteiger partial charge in [-0.05, 0) is 50.2 Å². The second-order valence-corrected chi connectivity index (χ2v) is 10.1. The van der Waals surface area contributed by atoms with Crippen molar-refractivity contribution in [3.05, 3.63) is 55.6 Å². The number of fused-ring (bicyclic) bond motifs is 1. The molecule has 0 amide bonds. The molecule has 0 spiro atoms. The highest BCUT2D eigenvalue weighted by Crippen LogP contribution is 2.30. The van der Waals surface area contributed by atoms with Gasteiger partial charge in [0.1, 0.15) is 10.8 Å². The van der Waals surface area contributed by atoms with Crippen LogP contribution in [0.15, 0.2) is 23.7 Å². The van der Waals surface area contributed by atoms with E-state index in [-0.39, 0.29) is 12.3 Å². The van der Waals surface area contributed by atoms with Gasteiger partial charge in [0.2, 0.25) is 0 Å². The van der Waals surface area contributed by atoms with E-state index >= 15 is 0 Å². The number of hydrogen-bond donors (Lipinski definition) is 2. The standard InChI is InChI=1S/C23H28N4O3S2/c1-30-13-21-25-12-19(32-21)16(11-22(28)29)10-18-14-31-20(26-18)6-2-5-17-8-7-15-4-3-9-24-23(15)27-17/h7-8,12,14,16H,2-6,9-11,13H2,1H3,(H,24,27)(H,28,29). The molecule has 170 valence electrons. The number of carboxylic acids is 1. The number of ether oxygens (including phenoxy) is 1. The number of thiazole rings is 2. The minimum Gasteiger partial charge on any atom is -0.481 e. The Kier molecular flexibility index (Phi) is 7.83. The first kappa shape index (κ1) is 22.8. The van der Waals surface area contributed by atoms with E-state index in [0.29, 0.717) is 13.0 Å². The quantitative estimate of drug-likeness (QED) is 0.425. The van der Waals surface area contributed by atoms with Crippen molar-refractivity contribution in [2.75, 3.05) is 19.0 Å². The third-order valence-electron chi connectivity index (χ3n) is 5.49. The molecule has 0 saturated heterocycles. The zero-order valence-corrected chi connectivity index (χ0v) is 19.8. The highest BCUT2D eigenvalue weighted by Gasteiger charge is 2.20. The molecule has 3 aromatic heterocycles. The molecular formula is C23H28N4O3S2. The summed E-state index contributed by atoms with van der Waals surface area (Å²) in [7, 11) is 1.63. The summed E-state index contributed by atoms with van der Waals surface area (Å²) >= 11 is 3.17. The summed E-state index contributed by atoms with van der Waals surface area (Å²) < 4.78 is 5.13. The Hall–Kier alpha value is -2.36. The molecular weight excluding hydrogens is 444 g/mol. The maximum atomic E-state index is 11.4. The van der Waals surface area contributed by atoms with Crippen molar-refractivity contribution in [1.29, 1.82) is 0 Å². The molecule has 9 heteroatoms. The maximum Gasteiger partial charge on any atom is 0.304 e. The van der Waals surface area contributed by atoms with Gasteiger partial charge in [0.05, 0.1) is 23.7 Å². The van der Waals surface area contributed by atoms with Crippen LogP contribution in [0.5, 0.6) is 0 Å². The van der Waals surface area contributed by atoms with Gasteiger partial charge in [-0.15, -0.1) is 22.7 Å². The highest BCUT2D eigenvalue weighted by atomic mass is 32.1. The van der Waals surface area contributed by atoms with E-state index in [1.54, 1.807) is 24.6 Å². The van der Waals surface area contributed by atoms with E-state index in [0.717, 1.165) is 64.3 Å². The van der Waals surface area contributed by atoms with Crippen LogP contribution in [0, 0.1) is 0 Å². The Morgan fingerprint density at radius 2 is 2.16 bits per heavy atom. The van der Waals surface area contributed by atoms with E-state index in [4.69, 9.17) is 14.7 Å². The minimum atomic E-state index is -0.806. The van der Waals surface area contributed by atoms with Crippen molar-refractivity contribution >= 4 is 34.5 Å². The van der Waals surface area contributed by atoms with Crippen LogP contribution < -0.4 is 5.32 Å². The second kappa shape index (κ2) is 11.0. The van der Waals surface area contributed by atoms with Crippen LogP contribution >= 0.6 is 22.7 Å². The number of aryl methyl sites for hydroxylation is 3. The molecule has 0 aromatic carbocycles. The molecule has 1 aliphatic rings. The fourth-order valence-electron chi connectivity index (χ4n) is 3.93. The van der Waals surface area contributed by atoms with Crippen LogP contribution in [-0.2, 0) is 41.8 Å². The Morgan fingerprint density at radius 3 is 3.00 bits per heavy atom. The molecule has 4 rings (SSSR count). The van der Waals surface area contributed by atoms with Crippen LogP contribution in [0.25, 0.3) is 0 Å². The van der Waals surface area contributed by atoms with E-state index in [9.17, 15) is 9.90 Å². The number of nitrogens with one attached hydrogen (secondary N) is 1. The average Bonchev–Trinajstić information content (AvgIpc) is 3.43. The van der Waals surface area contributed by atoms with Gasteiger partial charge in [-0.25, -0.2) is 15.0 Å². The Balaban J connectivity index is 1.33. The molecule has 1 atom stereocenters. The first-order valence-corrected chi connectivity index (χ1v) is 12.6. The lowest BCUT2D eigenvalue weighted by Gasteiger charge is -2.17. The smallest absolute Gasteiger partial charge is 0.304 e. The van der Waals surface area contributed by atoms with Crippen LogP contribution in [0.4, 0.5) is 5.82 Å². The molecule has 4 heterocycles. The molecule has 0 radical (unpaired) electrons. The molecule has 3 aromatic rings. The Labute approximate surface area is 195 Å². The molecule has 32 heavy (non-hydrogen) atoms. The topological polar surface area (TPSA) is 97.2 Å². The number of carbonyl (C=O) groups is 1. The molecule has 2 N–H and O–H groups in total. The third-order valence-corrected chi connectivity index (χ3v) is 7.58. The van der Waals surface area contributed by atoms with E-state index in [2.05, 4.69) is 27.8 Å². The Morgan fingerprint density at radius 1 is 1.25 bits per heavy atom. The largest absolute Gasteiger partial charge is 0.481 e. The van der Waals surface area contributed by atoms with Crippen LogP contribution in [0.1, 0.15) is 57.0 Å². The number of pyridine rings is 1. The fourth-order valence-corrected chi connectivity index (χ4v) is 5.77. The predicted octanol–water partition coefficient (Wildman–Crippen LogP) is 4.48. The minimum absolute atomic E-state index is 0.0690. The van der Waals surface area contributed by atoms with Crippen molar-refractivity contribution in [2.45, 2.75) is 57.5 Å². The van der Waals surface area contributed by atoms with Crippen molar-refractivity contribution in [2.24, 2.45) is 0 Å². The fraction of sp³-hybridized carbons (Fsp3) is 0.478. The SMILES string of the molecule is COCc1ncc(C(CC(=O)O)Cc2csc(CCCc3ccc4c(n3)NCCC4)n2)s1. The zero-order valence-electron chi connectivity index (χ0n) is 18.2. The van der Waals surface area contributed by atoms with Gasteiger partial charge in [0, 0.05) is 41.7 Å². The lowest BCUT2D eigenvalue weighted by atomic mass is 9.98. The summed E-state index contributed by atoms with van der Waals surface area (Å²) in [5.74, 6) is 0.114. The molecule has 0 saturated carbocycles. The summed E-state index contributed by atoms with van der Waals surface area (Å²) in [6, 6.07) is 4.34. The predicted molar refractivity (Wildman–Crippen MR) is 127 cm³/mol. The summed E-state index contributed by atoms with van der Waals surface area (Å²) in [6.45, 7) is 1.45. The maximum absolute atomic E-state index is 11.4. The van der Waals surface area contributed by atoms with E-state index < -0.39 is 5.97 Å². The normalized spacial score (nSPS) is 14.0.